The zero-order valence-electron chi connectivity index (χ0n) is 8.12. The Morgan fingerprint density at radius 3 is 2.62 bits per heavy atom. The molecule has 0 bridgehead atoms. The molecule has 0 aromatic rings. The third-order valence-electron chi connectivity index (χ3n) is 2.33. The lowest BCUT2D eigenvalue weighted by molar-refractivity contribution is 0.000567. The van der Waals surface area contributed by atoms with Crippen molar-refractivity contribution in [2.45, 2.75) is 31.4 Å². The van der Waals surface area contributed by atoms with Gasteiger partial charge in [0.2, 0.25) is 0 Å². The topological polar surface area (TPSA) is 52.5 Å². The first-order valence-corrected chi connectivity index (χ1v) is 5.94. The second-order valence-corrected chi connectivity index (χ2v) is 5.15. The average molecular weight is 205 g/mol. The van der Waals surface area contributed by atoms with E-state index in [2.05, 4.69) is 5.32 Å². The molecule has 4 heteroatoms. The zero-order chi connectivity index (χ0) is 9.73. The summed E-state index contributed by atoms with van der Waals surface area (Å²) in [5.41, 5.74) is -0.968. The molecule has 1 saturated heterocycles. The van der Waals surface area contributed by atoms with Gasteiger partial charge in [0.1, 0.15) is 0 Å². The Labute approximate surface area is 83.9 Å². The van der Waals surface area contributed by atoms with Gasteiger partial charge >= 0.3 is 0 Å². The highest BCUT2D eigenvalue weighted by Crippen LogP contribution is 2.17. The van der Waals surface area contributed by atoms with E-state index in [0.29, 0.717) is 12.6 Å². The maximum atomic E-state index is 9.54. The molecule has 0 radical (unpaired) electrons. The van der Waals surface area contributed by atoms with Gasteiger partial charge in [-0.05, 0) is 31.3 Å². The summed E-state index contributed by atoms with van der Waals surface area (Å²) in [5.74, 6) is 2.41. The first-order valence-electron chi connectivity index (χ1n) is 4.78. The van der Waals surface area contributed by atoms with Gasteiger partial charge in [-0.25, -0.2) is 0 Å². The van der Waals surface area contributed by atoms with Crippen LogP contribution in [-0.2, 0) is 0 Å². The number of aliphatic hydroxyl groups excluding tert-OH is 1. The monoisotopic (exact) mass is 205 g/mol. The van der Waals surface area contributed by atoms with Crippen molar-refractivity contribution in [3.63, 3.8) is 0 Å². The molecule has 3 nitrogen and oxygen atoms in total. The Morgan fingerprint density at radius 2 is 2.08 bits per heavy atom. The van der Waals surface area contributed by atoms with Crippen molar-refractivity contribution in [1.82, 2.24) is 5.32 Å². The van der Waals surface area contributed by atoms with Crippen LogP contribution in [0.25, 0.3) is 0 Å². The summed E-state index contributed by atoms with van der Waals surface area (Å²) in [6.45, 7) is 1.96. The third-order valence-corrected chi connectivity index (χ3v) is 3.38. The van der Waals surface area contributed by atoms with E-state index in [0.717, 1.165) is 0 Å². The van der Waals surface area contributed by atoms with Gasteiger partial charge in [-0.3, -0.25) is 0 Å². The second kappa shape index (κ2) is 5.20. The van der Waals surface area contributed by atoms with E-state index in [4.69, 9.17) is 5.11 Å². The summed E-state index contributed by atoms with van der Waals surface area (Å²) in [7, 11) is 0. The van der Waals surface area contributed by atoms with E-state index in [9.17, 15) is 5.11 Å². The van der Waals surface area contributed by atoms with Crippen LogP contribution in [0.4, 0.5) is 0 Å². The number of nitrogens with one attached hydrogen (secondary N) is 1. The lowest BCUT2D eigenvalue weighted by atomic mass is 10.1. The number of hydrogen-bond acceptors (Lipinski definition) is 4. The number of thioether (sulfide) groups is 1. The lowest BCUT2D eigenvalue weighted by Gasteiger charge is -2.27. The van der Waals surface area contributed by atoms with Crippen molar-refractivity contribution in [3.8, 4) is 0 Å². The van der Waals surface area contributed by atoms with Gasteiger partial charge in [0.15, 0.2) is 0 Å². The van der Waals surface area contributed by atoms with Gasteiger partial charge in [0, 0.05) is 12.6 Å². The molecule has 1 unspecified atom stereocenters. The van der Waals surface area contributed by atoms with E-state index < -0.39 is 5.60 Å². The van der Waals surface area contributed by atoms with Crippen LogP contribution < -0.4 is 5.32 Å². The van der Waals surface area contributed by atoms with Gasteiger partial charge in [0.05, 0.1) is 12.2 Å². The Kier molecular flexibility index (Phi) is 4.52. The molecule has 1 heterocycles. The molecule has 0 saturated carbocycles. The summed E-state index contributed by atoms with van der Waals surface area (Å²) >= 11 is 1.99. The van der Waals surface area contributed by atoms with Crippen molar-refractivity contribution in [1.29, 1.82) is 0 Å². The van der Waals surface area contributed by atoms with Gasteiger partial charge < -0.3 is 15.5 Å². The van der Waals surface area contributed by atoms with Crippen LogP contribution in [-0.4, -0.2) is 46.5 Å². The maximum absolute atomic E-state index is 9.54. The number of rotatable bonds is 4. The molecule has 0 aromatic carbocycles. The standard InChI is InChI=1S/C9H19NO2S/c1-9(12,7-11)6-10-8-2-4-13-5-3-8/h8,10-12H,2-7H2,1H3. The zero-order valence-corrected chi connectivity index (χ0v) is 8.94. The van der Waals surface area contributed by atoms with Crippen LogP contribution in [0.3, 0.4) is 0 Å². The minimum Gasteiger partial charge on any atom is -0.393 e. The highest BCUT2D eigenvalue weighted by atomic mass is 32.2. The molecule has 1 rings (SSSR count). The summed E-state index contributed by atoms with van der Waals surface area (Å²) in [6, 6.07) is 0.527. The van der Waals surface area contributed by atoms with Crippen LogP contribution in [0.1, 0.15) is 19.8 Å². The number of aliphatic hydroxyl groups is 2. The summed E-state index contributed by atoms with van der Waals surface area (Å²) in [5, 5.41) is 21.7. The normalized spacial score (nSPS) is 24.2. The molecule has 0 spiro atoms. The molecular weight excluding hydrogens is 186 g/mol. The third kappa shape index (κ3) is 4.31. The van der Waals surface area contributed by atoms with Gasteiger partial charge in [-0.1, -0.05) is 0 Å². The maximum Gasteiger partial charge on any atom is 0.0972 e. The summed E-state index contributed by atoms with van der Waals surface area (Å²) in [6.07, 6.45) is 2.35. The number of hydrogen-bond donors (Lipinski definition) is 3. The highest BCUT2D eigenvalue weighted by molar-refractivity contribution is 7.99. The van der Waals surface area contributed by atoms with Crippen LogP contribution in [0.2, 0.25) is 0 Å². The van der Waals surface area contributed by atoms with Crippen LogP contribution >= 0.6 is 11.8 Å². The fourth-order valence-electron chi connectivity index (χ4n) is 1.32. The quantitative estimate of drug-likeness (QED) is 0.614. The molecule has 0 amide bonds. The first kappa shape index (κ1) is 11.3. The summed E-state index contributed by atoms with van der Waals surface area (Å²) in [4.78, 5) is 0. The van der Waals surface area contributed by atoms with E-state index >= 15 is 0 Å². The Morgan fingerprint density at radius 1 is 1.46 bits per heavy atom. The smallest absolute Gasteiger partial charge is 0.0972 e. The molecule has 1 aliphatic heterocycles. The van der Waals surface area contributed by atoms with Crippen molar-refractivity contribution in [3.05, 3.63) is 0 Å². The van der Waals surface area contributed by atoms with Gasteiger partial charge in [-0.2, -0.15) is 11.8 Å². The van der Waals surface area contributed by atoms with E-state index in [-0.39, 0.29) is 6.61 Å². The molecule has 1 aliphatic rings. The van der Waals surface area contributed by atoms with Crippen LogP contribution in [0, 0.1) is 0 Å². The fourth-order valence-corrected chi connectivity index (χ4v) is 2.43. The molecule has 13 heavy (non-hydrogen) atoms. The molecule has 0 aliphatic carbocycles. The molecular formula is C9H19NO2S. The SMILES string of the molecule is CC(O)(CO)CNC1CCSCC1. The van der Waals surface area contributed by atoms with E-state index in [1.165, 1.54) is 24.3 Å². The van der Waals surface area contributed by atoms with Crippen molar-refractivity contribution in [2.75, 3.05) is 24.7 Å². The van der Waals surface area contributed by atoms with Crippen LogP contribution in [0.5, 0.6) is 0 Å². The molecule has 1 fully saturated rings. The largest absolute Gasteiger partial charge is 0.393 e. The Hall–Kier alpha value is 0.230. The second-order valence-electron chi connectivity index (χ2n) is 3.92. The molecule has 78 valence electrons. The van der Waals surface area contributed by atoms with Crippen molar-refractivity contribution < 1.29 is 10.2 Å². The fraction of sp³-hybridized carbons (Fsp3) is 1.00. The van der Waals surface area contributed by atoms with Crippen molar-refractivity contribution in [2.24, 2.45) is 0 Å². The van der Waals surface area contributed by atoms with Gasteiger partial charge in [0.25, 0.3) is 0 Å². The molecule has 1 atom stereocenters. The van der Waals surface area contributed by atoms with E-state index in [1.807, 2.05) is 11.8 Å². The van der Waals surface area contributed by atoms with E-state index in [1.54, 1.807) is 6.92 Å². The summed E-state index contributed by atoms with van der Waals surface area (Å²) < 4.78 is 0. The lowest BCUT2D eigenvalue weighted by Crippen LogP contribution is -2.45. The highest BCUT2D eigenvalue weighted by Gasteiger charge is 2.21. The molecule has 0 aromatic heterocycles. The van der Waals surface area contributed by atoms with Gasteiger partial charge in [-0.15, -0.1) is 0 Å². The Bertz CT molecular complexity index is 147. The first-order chi connectivity index (χ1) is 6.14. The van der Waals surface area contributed by atoms with Crippen molar-refractivity contribution >= 4 is 11.8 Å². The average Bonchev–Trinajstić information content (AvgIpc) is 2.17. The minimum absolute atomic E-state index is 0.179. The minimum atomic E-state index is -0.968. The predicted octanol–water partition coefficient (Wildman–Crippen LogP) is 0.215. The predicted molar refractivity (Wildman–Crippen MR) is 56.1 cm³/mol. The molecule has 3 N–H and O–H groups in total. The van der Waals surface area contributed by atoms with Crippen LogP contribution in [0.15, 0.2) is 0 Å². The Balaban J connectivity index is 2.17.